The number of aromatic nitrogens is 7. The third-order valence-corrected chi connectivity index (χ3v) is 19.1. The number of nitrogens with zero attached hydrogens (tertiary/aromatic N) is 7. The molecule has 6 heterocycles. The van der Waals surface area contributed by atoms with Crippen molar-refractivity contribution in [2.45, 2.75) is 30.1 Å². The quantitative estimate of drug-likeness (QED) is 0.158. The van der Waals surface area contributed by atoms with E-state index in [1.807, 2.05) is 153 Å². The maximum Gasteiger partial charge on any atom is 0.268 e. The number of benzene rings is 10. The molecule has 0 saturated heterocycles. The summed E-state index contributed by atoms with van der Waals surface area (Å²) < 4.78 is 65.0. The summed E-state index contributed by atoms with van der Waals surface area (Å²) in [4.78, 5) is 10.2. The van der Waals surface area contributed by atoms with Gasteiger partial charge in [-0.2, -0.15) is 0 Å². The van der Waals surface area contributed by atoms with Crippen LogP contribution in [0.15, 0.2) is 240 Å². The van der Waals surface area contributed by atoms with Gasteiger partial charge in [0.2, 0.25) is 5.78 Å². The molecule has 16 rings (SSSR count). The van der Waals surface area contributed by atoms with Crippen molar-refractivity contribution >= 4 is 125 Å². The van der Waals surface area contributed by atoms with Crippen LogP contribution in [0, 0.1) is 17.4 Å². The molecule has 1 aliphatic rings. The van der Waals surface area contributed by atoms with Gasteiger partial charge in [-0.05, 0) is 157 Å². The van der Waals surface area contributed by atoms with Gasteiger partial charge in [0.1, 0.15) is 5.82 Å². The van der Waals surface area contributed by atoms with Crippen molar-refractivity contribution in [1.82, 2.24) is 31.4 Å². The molecule has 0 bridgehead atoms. The van der Waals surface area contributed by atoms with Crippen LogP contribution in [-0.2, 0) is 26.5 Å². The Balaban J connectivity index is 0.000000119. The van der Waals surface area contributed by atoms with Crippen molar-refractivity contribution in [3.8, 4) is 11.4 Å². The second-order valence-corrected chi connectivity index (χ2v) is 24.6. The number of halogens is 1. The lowest BCUT2D eigenvalue weighted by molar-refractivity contribution is 0.588. The average Bonchev–Trinajstić information content (AvgIpc) is 4.38. The van der Waals surface area contributed by atoms with Crippen molar-refractivity contribution in [2.75, 3.05) is 0 Å². The summed E-state index contributed by atoms with van der Waals surface area (Å²) in [6.45, 7) is 3.89. The highest BCUT2D eigenvalue weighted by molar-refractivity contribution is 14.1. The summed E-state index contributed by atoms with van der Waals surface area (Å²) in [5, 5.41) is 3.65. The number of hydrogen-bond donors (Lipinski definition) is 0. The smallest absolute Gasteiger partial charge is 0.268 e. The summed E-state index contributed by atoms with van der Waals surface area (Å²) in [6.07, 6.45) is 0.949. The lowest BCUT2D eigenvalue weighted by Crippen LogP contribution is -2.12. The number of hydrogen-bond acceptors (Lipinski definition) is 6. The Hall–Kier alpha value is -8.83. The van der Waals surface area contributed by atoms with Gasteiger partial charge in [0, 0.05) is 37.2 Å². The molecule has 0 fully saturated rings. The second kappa shape index (κ2) is 18.7. The van der Waals surface area contributed by atoms with E-state index < -0.39 is 20.0 Å². The standard InChI is InChI=1S/C32H22N4O2S.C19H14INO2S.C14H10N2/c1-21-14-17-23(18-15-21)39(37,38)36-27-10-4-2-8-24(27)25-20-22(16-19-28(25)36)34-30-12-6-7-13-31(30)35-29-11-5-3-9-26(29)33-32(34)35;1-13-6-9-15(10-7-13)24(22,23)21-18-5-3-2-4-16(18)17-12-14(20)8-11-19(17)21;1-3-7-12-10(5-1)9-14-15-11-6-2-4-8-13(11)16(12)14/h2-20H,1H3;2-12H,1H3;1-8H,9H2. The van der Waals surface area contributed by atoms with Crippen LogP contribution in [0.25, 0.3) is 93.9 Å². The zero-order chi connectivity index (χ0) is 53.7. The summed E-state index contributed by atoms with van der Waals surface area (Å²) >= 11 is 2.25. The van der Waals surface area contributed by atoms with Gasteiger partial charge < -0.3 is 0 Å². The van der Waals surface area contributed by atoms with Gasteiger partial charge in [0.25, 0.3) is 20.0 Å². The van der Waals surface area contributed by atoms with Gasteiger partial charge in [-0.3, -0.25) is 13.5 Å². The van der Waals surface area contributed by atoms with E-state index in [9.17, 15) is 16.8 Å². The Morgan fingerprint density at radius 1 is 0.405 bits per heavy atom. The Bertz CT molecular complexity index is 5190. The highest BCUT2D eigenvalue weighted by atomic mass is 127. The van der Waals surface area contributed by atoms with Crippen LogP contribution in [-0.4, -0.2) is 48.3 Å². The molecular weight excluding hydrogens is 1130 g/mol. The van der Waals surface area contributed by atoms with Crippen molar-refractivity contribution in [2.24, 2.45) is 0 Å². The average molecular weight is 1180 g/mol. The Labute approximate surface area is 468 Å². The lowest BCUT2D eigenvalue weighted by Gasteiger charge is -2.10. The second-order valence-electron chi connectivity index (χ2n) is 19.8. The molecule has 1 aliphatic heterocycles. The molecule has 10 aromatic carbocycles. The number of rotatable bonds is 5. The minimum Gasteiger partial charge on any atom is -0.296 e. The molecule has 5 aromatic heterocycles. The molecule has 0 saturated carbocycles. The molecule has 0 spiro atoms. The van der Waals surface area contributed by atoms with E-state index in [1.54, 1.807) is 24.3 Å². The Morgan fingerprint density at radius 2 is 0.873 bits per heavy atom. The van der Waals surface area contributed by atoms with Crippen molar-refractivity contribution in [3.63, 3.8) is 0 Å². The predicted octanol–water partition coefficient (Wildman–Crippen LogP) is 15.0. The van der Waals surface area contributed by atoms with E-state index in [-0.39, 0.29) is 4.90 Å². The molecule has 14 heteroatoms. The largest absolute Gasteiger partial charge is 0.296 e. The fourth-order valence-corrected chi connectivity index (χ4v) is 14.8. The van der Waals surface area contributed by atoms with Gasteiger partial charge >= 0.3 is 0 Å². The van der Waals surface area contributed by atoms with Crippen molar-refractivity contribution < 1.29 is 16.8 Å². The van der Waals surface area contributed by atoms with Crippen LogP contribution >= 0.6 is 22.6 Å². The molecule has 384 valence electrons. The molecule has 0 amide bonds. The minimum absolute atomic E-state index is 0.266. The number of imidazole rings is 3. The monoisotopic (exact) mass is 1180 g/mol. The molecule has 0 atom stereocenters. The topological polar surface area (TPSA) is 118 Å². The minimum atomic E-state index is -3.83. The van der Waals surface area contributed by atoms with E-state index in [0.29, 0.717) is 27.0 Å². The first-order chi connectivity index (χ1) is 38.4. The third kappa shape index (κ3) is 7.87. The molecule has 11 nitrogen and oxygen atoms in total. The van der Waals surface area contributed by atoms with Gasteiger partial charge in [-0.25, -0.2) is 34.7 Å². The SMILES string of the molecule is Cc1ccc(S(=O)(=O)n2c3ccccc3c3cc(-n4c5ccccc5n5c6ccccc6nc45)ccc32)cc1.Cc1ccc(S(=O)(=O)n2c3ccccc3c3cc(I)ccc32)cc1.c1ccc2c(c1)Cc1nc3ccccc3n1-2. The van der Waals surface area contributed by atoms with E-state index in [2.05, 4.69) is 108 Å². The summed E-state index contributed by atoms with van der Waals surface area (Å²) in [5.41, 5.74) is 14.7. The van der Waals surface area contributed by atoms with Crippen LogP contribution in [0.2, 0.25) is 0 Å². The predicted molar refractivity (Wildman–Crippen MR) is 326 cm³/mol. The van der Waals surface area contributed by atoms with Gasteiger partial charge in [0.15, 0.2) is 0 Å². The van der Waals surface area contributed by atoms with Gasteiger partial charge in [-0.15, -0.1) is 0 Å². The zero-order valence-electron chi connectivity index (χ0n) is 42.6. The number of fused-ring (bicyclic) bond motifs is 16. The molecule has 79 heavy (non-hydrogen) atoms. The maximum atomic E-state index is 13.9. The fourth-order valence-electron chi connectivity index (χ4n) is 11.2. The van der Waals surface area contributed by atoms with Crippen molar-refractivity contribution in [3.05, 3.63) is 257 Å². The van der Waals surface area contributed by atoms with Crippen molar-refractivity contribution in [1.29, 1.82) is 0 Å². The van der Waals surface area contributed by atoms with Gasteiger partial charge in [-0.1, -0.05) is 126 Å². The maximum absolute atomic E-state index is 13.9. The van der Waals surface area contributed by atoms with Crippen LogP contribution in [0.5, 0.6) is 0 Å². The number of para-hydroxylation sites is 9. The summed E-state index contributed by atoms with van der Waals surface area (Å²) in [7, 11) is -7.49. The van der Waals surface area contributed by atoms with E-state index in [0.717, 1.165) is 87.5 Å². The zero-order valence-corrected chi connectivity index (χ0v) is 46.4. The third-order valence-electron chi connectivity index (χ3n) is 14.9. The summed E-state index contributed by atoms with van der Waals surface area (Å²) in [5.74, 6) is 1.97. The lowest BCUT2D eigenvalue weighted by atomic mass is 10.1. The number of aryl methyl sites for hydroxylation is 2. The highest BCUT2D eigenvalue weighted by Gasteiger charge is 2.27. The van der Waals surface area contributed by atoms with E-state index >= 15 is 0 Å². The van der Waals surface area contributed by atoms with Crippen LogP contribution < -0.4 is 0 Å². The molecule has 15 aromatic rings. The van der Waals surface area contributed by atoms with Gasteiger partial charge in [0.05, 0.1) is 70.6 Å². The van der Waals surface area contributed by atoms with E-state index in [4.69, 9.17) is 4.98 Å². The van der Waals surface area contributed by atoms with E-state index in [1.165, 1.54) is 24.7 Å². The Morgan fingerprint density at radius 3 is 1.49 bits per heavy atom. The molecular formula is C65H46IN7O4S2. The highest BCUT2D eigenvalue weighted by Crippen LogP contribution is 2.38. The molecule has 0 N–H and O–H groups in total. The molecule has 0 aliphatic carbocycles. The normalized spacial score (nSPS) is 12.4. The molecule has 0 unspecified atom stereocenters. The molecule has 0 radical (unpaired) electrons. The first-order valence-corrected chi connectivity index (χ1v) is 29.7. The van der Waals surface area contributed by atoms with Crippen LogP contribution in [0.3, 0.4) is 0 Å². The first-order valence-electron chi connectivity index (χ1n) is 25.7. The van der Waals surface area contributed by atoms with Crippen LogP contribution in [0.1, 0.15) is 22.5 Å². The summed E-state index contributed by atoms with van der Waals surface area (Å²) in [6, 6.07) is 74.3. The first kappa shape index (κ1) is 48.5. The Kier molecular flexibility index (Phi) is 11.5. The van der Waals surface area contributed by atoms with Crippen LogP contribution in [0.4, 0.5) is 0 Å². The fraction of sp³-hybridized carbons (Fsp3) is 0.0462.